The molecule has 0 aliphatic rings. The van der Waals surface area contributed by atoms with Gasteiger partial charge in [0, 0.05) is 18.1 Å². The van der Waals surface area contributed by atoms with Crippen LogP contribution >= 0.6 is 0 Å². The maximum absolute atomic E-state index is 12.5. The summed E-state index contributed by atoms with van der Waals surface area (Å²) in [6.45, 7) is 7.99. The van der Waals surface area contributed by atoms with Crippen molar-refractivity contribution in [3.8, 4) is 5.75 Å². The number of para-hydroxylation sites is 2. The van der Waals surface area contributed by atoms with E-state index in [-0.39, 0.29) is 12.0 Å². The second kappa shape index (κ2) is 8.52. The Bertz CT molecular complexity index is 969. The Kier molecular flexibility index (Phi) is 5.89. The van der Waals surface area contributed by atoms with Gasteiger partial charge >= 0.3 is 0 Å². The second-order valence-electron chi connectivity index (χ2n) is 6.84. The quantitative estimate of drug-likeness (QED) is 0.641. The van der Waals surface area contributed by atoms with Crippen LogP contribution in [0.2, 0.25) is 0 Å². The van der Waals surface area contributed by atoms with Crippen molar-refractivity contribution in [2.45, 2.75) is 33.8 Å². The Balaban J connectivity index is 1.69. The third-order valence-corrected chi connectivity index (χ3v) is 4.18. The van der Waals surface area contributed by atoms with Crippen LogP contribution < -0.4 is 15.4 Å². The molecule has 0 aliphatic carbocycles. The van der Waals surface area contributed by atoms with Crippen LogP contribution in [-0.4, -0.2) is 22.0 Å². The Hall–Kier alpha value is -3.41. The fourth-order valence-electron chi connectivity index (χ4n) is 2.58. The van der Waals surface area contributed by atoms with Crippen LogP contribution in [-0.2, 0) is 0 Å². The first-order chi connectivity index (χ1) is 13.4. The molecule has 1 heterocycles. The summed E-state index contributed by atoms with van der Waals surface area (Å²) in [4.78, 5) is 21.0. The number of nitrogens with one attached hydrogen (secondary N) is 2. The Morgan fingerprint density at radius 2 is 1.71 bits per heavy atom. The lowest BCUT2D eigenvalue weighted by Crippen LogP contribution is -2.15. The van der Waals surface area contributed by atoms with Crippen molar-refractivity contribution in [2.75, 3.05) is 10.6 Å². The number of carbonyl (C=O) groups is 1. The maximum atomic E-state index is 12.5. The molecule has 0 saturated carbocycles. The molecule has 6 nitrogen and oxygen atoms in total. The smallest absolute Gasteiger partial charge is 0.258 e. The SMILES string of the molecule is Cc1ccc(Nc2ncc(C(=O)Nc3ccccc3OC(C)C)cn2)cc1C. The van der Waals surface area contributed by atoms with Crippen LogP contribution in [0, 0.1) is 13.8 Å². The number of anilines is 3. The Labute approximate surface area is 165 Å². The van der Waals surface area contributed by atoms with Crippen molar-refractivity contribution in [3.63, 3.8) is 0 Å². The zero-order valence-corrected chi connectivity index (χ0v) is 16.5. The van der Waals surface area contributed by atoms with Crippen LogP contribution in [0.3, 0.4) is 0 Å². The fourth-order valence-corrected chi connectivity index (χ4v) is 2.58. The lowest BCUT2D eigenvalue weighted by molar-refractivity contribution is 0.102. The maximum Gasteiger partial charge on any atom is 0.258 e. The van der Waals surface area contributed by atoms with E-state index in [9.17, 15) is 4.79 Å². The van der Waals surface area contributed by atoms with Gasteiger partial charge in [-0.1, -0.05) is 18.2 Å². The number of amides is 1. The summed E-state index contributed by atoms with van der Waals surface area (Å²) >= 11 is 0. The van der Waals surface area contributed by atoms with E-state index in [0.29, 0.717) is 22.9 Å². The number of aromatic nitrogens is 2. The number of benzene rings is 2. The molecule has 0 aliphatic heterocycles. The van der Waals surface area contributed by atoms with Crippen molar-refractivity contribution >= 4 is 23.2 Å². The normalized spacial score (nSPS) is 10.6. The highest BCUT2D eigenvalue weighted by Gasteiger charge is 2.12. The minimum Gasteiger partial charge on any atom is -0.489 e. The number of ether oxygens (including phenoxy) is 1. The number of nitrogens with zero attached hydrogens (tertiary/aromatic N) is 2. The van der Waals surface area contributed by atoms with Crippen LogP contribution in [0.5, 0.6) is 5.75 Å². The molecule has 0 saturated heterocycles. The molecule has 0 atom stereocenters. The molecule has 3 rings (SSSR count). The standard InChI is InChI=1S/C22H24N4O2/c1-14(2)28-20-8-6-5-7-19(20)26-21(27)17-12-23-22(24-13-17)25-18-10-9-15(3)16(4)11-18/h5-14H,1-4H3,(H,26,27)(H,23,24,25). The van der Waals surface area contributed by atoms with Gasteiger partial charge in [-0.2, -0.15) is 0 Å². The molecule has 2 N–H and O–H groups in total. The summed E-state index contributed by atoms with van der Waals surface area (Å²) in [5.41, 5.74) is 4.28. The minimum absolute atomic E-state index is 0.0113. The highest BCUT2D eigenvalue weighted by molar-refractivity contribution is 6.04. The summed E-state index contributed by atoms with van der Waals surface area (Å²) in [6.07, 6.45) is 3.01. The van der Waals surface area contributed by atoms with Crippen molar-refractivity contribution in [1.82, 2.24) is 9.97 Å². The third kappa shape index (κ3) is 4.85. The number of hydrogen-bond acceptors (Lipinski definition) is 5. The van der Waals surface area contributed by atoms with Crippen molar-refractivity contribution in [1.29, 1.82) is 0 Å². The summed E-state index contributed by atoms with van der Waals surface area (Å²) in [6, 6.07) is 13.4. The third-order valence-electron chi connectivity index (χ3n) is 4.18. The zero-order chi connectivity index (χ0) is 20.1. The number of carbonyl (C=O) groups excluding carboxylic acids is 1. The molecule has 6 heteroatoms. The summed E-state index contributed by atoms with van der Waals surface area (Å²) in [5.74, 6) is 0.765. The van der Waals surface area contributed by atoms with Gasteiger partial charge in [0.25, 0.3) is 5.91 Å². The first-order valence-corrected chi connectivity index (χ1v) is 9.15. The highest BCUT2D eigenvalue weighted by atomic mass is 16.5. The highest BCUT2D eigenvalue weighted by Crippen LogP contribution is 2.25. The second-order valence-corrected chi connectivity index (χ2v) is 6.84. The topological polar surface area (TPSA) is 76.1 Å². The molecular formula is C22H24N4O2. The average molecular weight is 376 g/mol. The van der Waals surface area contributed by atoms with Gasteiger partial charge in [0.1, 0.15) is 5.75 Å². The molecule has 1 amide bonds. The lowest BCUT2D eigenvalue weighted by Gasteiger charge is -2.14. The molecule has 0 radical (unpaired) electrons. The van der Waals surface area contributed by atoms with Gasteiger partial charge in [-0.3, -0.25) is 4.79 Å². The molecule has 2 aromatic carbocycles. The van der Waals surface area contributed by atoms with E-state index >= 15 is 0 Å². The lowest BCUT2D eigenvalue weighted by atomic mass is 10.1. The molecule has 0 spiro atoms. The van der Waals surface area contributed by atoms with Crippen LogP contribution in [0.4, 0.5) is 17.3 Å². The molecule has 144 valence electrons. The van der Waals surface area contributed by atoms with Crippen LogP contribution in [0.1, 0.15) is 35.3 Å². The molecule has 28 heavy (non-hydrogen) atoms. The van der Waals surface area contributed by atoms with E-state index in [4.69, 9.17) is 4.74 Å². The van der Waals surface area contributed by atoms with E-state index in [2.05, 4.69) is 34.4 Å². The molecule has 1 aromatic heterocycles. The molecular weight excluding hydrogens is 352 g/mol. The zero-order valence-electron chi connectivity index (χ0n) is 16.5. The molecule has 0 fully saturated rings. The molecule has 3 aromatic rings. The minimum atomic E-state index is -0.294. The van der Waals surface area contributed by atoms with E-state index in [1.165, 1.54) is 23.5 Å². The molecule has 0 unspecified atom stereocenters. The van der Waals surface area contributed by atoms with Gasteiger partial charge < -0.3 is 15.4 Å². The van der Waals surface area contributed by atoms with Crippen LogP contribution in [0.15, 0.2) is 54.9 Å². The van der Waals surface area contributed by atoms with Crippen molar-refractivity contribution in [2.24, 2.45) is 0 Å². The van der Waals surface area contributed by atoms with Gasteiger partial charge in [0.15, 0.2) is 0 Å². The summed E-state index contributed by atoms with van der Waals surface area (Å²) in [7, 11) is 0. The number of aryl methyl sites for hydroxylation is 2. The predicted molar refractivity (Wildman–Crippen MR) is 111 cm³/mol. The van der Waals surface area contributed by atoms with Crippen molar-refractivity contribution < 1.29 is 9.53 Å². The van der Waals surface area contributed by atoms with E-state index in [0.717, 1.165) is 5.69 Å². The largest absolute Gasteiger partial charge is 0.489 e. The van der Waals surface area contributed by atoms with Crippen LogP contribution in [0.25, 0.3) is 0 Å². The van der Waals surface area contributed by atoms with Gasteiger partial charge in [0.05, 0.1) is 17.4 Å². The summed E-state index contributed by atoms with van der Waals surface area (Å²) < 4.78 is 5.73. The number of hydrogen-bond donors (Lipinski definition) is 2. The van der Waals surface area contributed by atoms with E-state index in [1.54, 1.807) is 6.07 Å². The number of rotatable bonds is 6. The van der Waals surface area contributed by atoms with E-state index in [1.807, 2.05) is 50.2 Å². The Morgan fingerprint density at radius 3 is 2.39 bits per heavy atom. The van der Waals surface area contributed by atoms with Gasteiger partial charge in [-0.25, -0.2) is 9.97 Å². The molecule has 0 bridgehead atoms. The predicted octanol–water partition coefficient (Wildman–Crippen LogP) is 4.88. The van der Waals surface area contributed by atoms with E-state index < -0.39 is 0 Å². The van der Waals surface area contributed by atoms with Gasteiger partial charge in [-0.05, 0) is 63.1 Å². The summed E-state index contributed by atoms with van der Waals surface area (Å²) in [5, 5.41) is 6.00. The van der Waals surface area contributed by atoms with Gasteiger partial charge in [-0.15, -0.1) is 0 Å². The first-order valence-electron chi connectivity index (χ1n) is 9.15. The van der Waals surface area contributed by atoms with Crippen molar-refractivity contribution in [3.05, 3.63) is 71.5 Å². The van der Waals surface area contributed by atoms with Gasteiger partial charge in [0.2, 0.25) is 5.95 Å². The fraction of sp³-hybridized carbons (Fsp3) is 0.227. The monoisotopic (exact) mass is 376 g/mol. The Morgan fingerprint density at radius 1 is 1.00 bits per heavy atom. The first kappa shape index (κ1) is 19.4. The average Bonchev–Trinajstić information content (AvgIpc) is 2.66.